The van der Waals surface area contributed by atoms with Crippen molar-refractivity contribution in [1.29, 1.82) is 0 Å². The Kier molecular flexibility index (Phi) is 4.65. The molecular weight excluding hydrogens is 367 g/mol. The van der Waals surface area contributed by atoms with Gasteiger partial charge < -0.3 is 10.5 Å². The third kappa shape index (κ3) is 3.94. The molecule has 0 radical (unpaired) electrons. The third-order valence-electron chi connectivity index (χ3n) is 2.54. The summed E-state index contributed by atoms with van der Waals surface area (Å²) in [7, 11) is 0. The van der Waals surface area contributed by atoms with Crippen molar-refractivity contribution in [2.45, 2.75) is 6.18 Å². The van der Waals surface area contributed by atoms with Crippen LogP contribution in [0.15, 0.2) is 35.1 Å². The minimum absolute atomic E-state index is 0.175. The lowest BCUT2D eigenvalue weighted by molar-refractivity contribution is -0.154. The molecule has 0 unspecified atom stereocenters. The van der Waals surface area contributed by atoms with Crippen molar-refractivity contribution in [2.24, 2.45) is 5.73 Å². The van der Waals surface area contributed by atoms with Crippen LogP contribution in [0.2, 0.25) is 0 Å². The third-order valence-corrected chi connectivity index (χ3v) is 3.14. The van der Waals surface area contributed by atoms with Gasteiger partial charge in [0.15, 0.2) is 6.61 Å². The van der Waals surface area contributed by atoms with Crippen LogP contribution in [0.4, 0.5) is 13.2 Å². The molecule has 0 fully saturated rings. The van der Waals surface area contributed by atoms with Crippen molar-refractivity contribution in [3.63, 3.8) is 0 Å². The summed E-state index contributed by atoms with van der Waals surface area (Å²) in [6.45, 7) is -1.44. The molecule has 2 aromatic heterocycles. The van der Waals surface area contributed by atoms with Crippen LogP contribution >= 0.6 is 15.9 Å². The number of carbonyl (C=O) groups excluding carboxylic acids is 1. The SMILES string of the molecule is NC(=O)c1cccnc1-c1ccc(OCC(F)(F)F)nc1Br. The fourth-order valence-corrected chi connectivity index (χ4v) is 2.14. The summed E-state index contributed by atoms with van der Waals surface area (Å²) in [6.07, 6.45) is -2.99. The molecule has 22 heavy (non-hydrogen) atoms. The molecule has 2 rings (SSSR count). The first-order chi connectivity index (χ1) is 10.3. The van der Waals surface area contributed by atoms with E-state index in [1.54, 1.807) is 6.07 Å². The zero-order chi connectivity index (χ0) is 16.3. The highest BCUT2D eigenvalue weighted by Gasteiger charge is 2.28. The van der Waals surface area contributed by atoms with Gasteiger partial charge in [0.05, 0.1) is 11.3 Å². The number of carbonyl (C=O) groups is 1. The molecule has 0 bridgehead atoms. The molecule has 2 aromatic rings. The number of aromatic nitrogens is 2. The van der Waals surface area contributed by atoms with E-state index < -0.39 is 18.7 Å². The van der Waals surface area contributed by atoms with Gasteiger partial charge in [-0.15, -0.1) is 0 Å². The quantitative estimate of drug-likeness (QED) is 0.833. The maximum Gasteiger partial charge on any atom is 0.422 e. The Hall–Kier alpha value is -2.16. The average Bonchev–Trinajstić information content (AvgIpc) is 2.44. The van der Waals surface area contributed by atoms with Crippen molar-refractivity contribution < 1.29 is 22.7 Å². The molecule has 5 nitrogen and oxygen atoms in total. The van der Waals surface area contributed by atoms with Crippen LogP contribution in [0.25, 0.3) is 11.3 Å². The average molecular weight is 376 g/mol. The van der Waals surface area contributed by atoms with E-state index in [1.165, 1.54) is 24.4 Å². The first-order valence-corrected chi connectivity index (χ1v) is 6.68. The number of hydrogen-bond donors (Lipinski definition) is 1. The van der Waals surface area contributed by atoms with Crippen molar-refractivity contribution >= 4 is 21.8 Å². The number of halogens is 4. The van der Waals surface area contributed by atoms with Crippen molar-refractivity contribution in [3.05, 3.63) is 40.6 Å². The van der Waals surface area contributed by atoms with Gasteiger partial charge in [0, 0.05) is 17.8 Å². The van der Waals surface area contributed by atoms with E-state index in [0.717, 1.165) is 0 Å². The van der Waals surface area contributed by atoms with E-state index >= 15 is 0 Å². The zero-order valence-corrected chi connectivity index (χ0v) is 12.5. The number of amides is 1. The Morgan fingerprint density at radius 3 is 2.64 bits per heavy atom. The van der Waals surface area contributed by atoms with Gasteiger partial charge >= 0.3 is 6.18 Å². The van der Waals surface area contributed by atoms with Gasteiger partial charge in [-0.1, -0.05) is 0 Å². The minimum atomic E-state index is -4.45. The number of ether oxygens (including phenoxy) is 1. The molecule has 9 heteroatoms. The highest BCUT2D eigenvalue weighted by molar-refractivity contribution is 9.10. The molecule has 0 aromatic carbocycles. The molecule has 2 N–H and O–H groups in total. The number of nitrogens with two attached hydrogens (primary N) is 1. The fraction of sp³-hybridized carbons (Fsp3) is 0.154. The van der Waals surface area contributed by atoms with Gasteiger partial charge in [-0.25, -0.2) is 4.98 Å². The van der Waals surface area contributed by atoms with Crippen LogP contribution < -0.4 is 10.5 Å². The predicted octanol–water partition coefficient (Wildman–Crippen LogP) is 2.95. The van der Waals surface area contributed by atoms with Gasteiger partial charge in [-0.05, 0) is 34.1 Å². The molecular formula is C13H9BrF3N3O2. The summed E-state index contributed by atoms with van der Waals surface area (Å²) in [5.41, 5.74) is 6.12. The van der Waals surface area contributed by atoms with Gasteiger partial charge in [-0.3, -0.25) is 9.78 Å². The zero-order valence-electron chi connectivity index (χ0n) is 10.9. The Morgan fingerprint density at radius 2 is 2.05 bits per heavy atom. The largest absolute Gasteiger partial charge is 0.468 e. The topological polar surface area (TPSA) is 78.1 Å². The molecule has 0 aliphatic heterocycles. The monoisotopic (exact) mass is 375 g/mol. The molecule has 0 saturated heterocycles. The maximum atomic E-state index is 12.1. The lowest BCUT2D eigenvalue weighted by Crippen LogP contribution is -2.19. The summed E-state index contributed by atoms with van der Waals surface area (Å²) < 4.78 is 41.0. The van der Waals surface area contributed by atoms with Gasteiger partial charge in [-0.2, -0.15) is 13.2 Å². The van der Waals surface area contributed by atoms with E-state index in [1.807, 2.05) is 0 Å². The number of primary amides is 1. The van der Waals surface area contributed by atoms with E-state index in [4.69, 9.17) is 5.73 Å². The van der Waals surface area contributed by atoms with Crippen LogP contribution in [0.5, 0.6) is 5.88 Å². The van der Waals surface area contributed by atoms with E-state index in [9.17, 15) is 18.0 Å². The summed E-state index contributed by atoms with van der Waals surface area (Å²) >= 11 is 3.12. The lowest BCUT2D eigenvalue weighted by atomic mass is 10.1. The normalized spacial score (nSPS) is 11.3. The standard InChI is InChI=1S/C13H9BrF3N3O2/c14-11-7(10-8(12(18)21)2-1-5-19-10)3-4-9(20-11)22-6-13(15,16)17/h1-5H,6H2,(H2,18,21). The molecule has 0 spiro atoms. The molecule has 0 aliphatic rings. The van der Waals surface area contributed by atoms with Crippen molar-refractivity contribution in [2.75, 3.05) is 6.61 Å². The first kappa shape index (κ1) is 16.2. The number of rotatable bonds is 4. The Balaban J connectivity index is 2.33. The molecule has 116 valence electrons. The maximum absolute atomic E-state index is 12.1. The molecule has 1 amide bonds. The number of alkyl halides is 3. The molecule has 0 atom stereocenters. The Labute approximate surface area is 131 Å². The predicted molar refractivity (Wildman–Crippen MR) is 75.2 cm³/mol. The number of hydrogen-bond acceptors (Lipinski definition) is 4. The van der Waals surface area contributed by atoms with Crippen LogP contribution in [0, 0.1) is 0 Å². The van der Waals surface area contributed by atoms with Gasteiger partial charge in [0.25, 0.3) is 5.91 Å². The number of pyridine rings is 2. The van der Waals surface area contributed by atoms with Crippen LogP contribution in [0.3, 0.4) is 0 Å². The first-order valence-electron chi connectivity index (χ1n) is 5.89. The summed E-state index contributed by atoms with van der Waals surface area (Å²) in [5, 5.41) is 0. The van der Waals surface area contributed by atoms with Crippen molar-refractivity contribution in [1.82, 2.24) is 9.97 Å². The highest BCUT2D eigenvalue weighted by atomic mass is 79.9. The van der Waals surface area contributed by atoms with E-state index in [2.05, 4.69) is 30.6 Å². The van der Waals surface area contributed by atoms with Crippen LogP contribution in [0.1, 0.15) is 10.4 Å². The van der Waals surface area contributed by atoms with E-state index in [0.29, 0.717) is 5.56 Å². The summed E-state index contributed by atoms with van der Waals surface area (Å²) in [6, 6.07) is 5.74. The smallest absolute Gasteiger partial charge is 0.422 e. The second-order valence-electron chi connectivity index (χ2n) is 4.16. The summed E-state index contributed by atoms with van der Waals surface area (Å²) in [4.78, 5) is 19.3. The summed E-state index contributed by atoms with van der Waals surface area (Å²) in [5.74, 6) is -0.878. The van der Waals surface area contributed by atoms with Gasteiger partial charge in [0.2, 0.25) is 5.88 Å². The molecule has 2 heterocycles. The minimum Gasteiger partial charge on any atom is -0.468 e. The molecule has 0 aliphatic carbocycles. The molecule has 0 saturated carbocycles. The van der Waals surface area contributed by atoms with E-state index in [-0.39, 0.29) is 21.7 Å². The number of nitrogens with zero attached hydrogens (tertiary/aromatic N) is 2. The van der Waals surface area contributed by atoms with Gasteiger partial charge in [0.1, 0.15) is 4.60 Å². The van der Waals surface area contributed by atoms with Crippen LogP contribution in [-0.4, -0.2) is 28.7 Å². The fourth-order valence-electron chi connectivity index (χ4n) is 1.65. The Bertz CT molecular complexity index is 707. The second kappa shape index (κ2) is 6.30. The lowest BCUT2D eigenvalue weighted by Gasteiger charge is -2.11. The van der Waals surface area contributed by atoms with Crippen LogP contribution in [-0.2, 0) is 0 Å². The van der Waals surface area contributed by atoms with Crippen molar-refractivity contribution in [3.8, 4) is 17.1 Å². The highest BCUT2D eigenvalue weighted by Crippen LogP contribution is 2.30. The second-order valence-corrected chi connectivity index (χ2v) is 4.91. The Morgan fingerprint density at radius 1 is 1.32 bits per heavy atom.